The molecule has 0 amide bonds. The number of aliphatic hydroxyl groups is 1. The average molecular weight is 242 g/mol. The van der Waals surface area contributed by atoms with Gasteiger partial charge in [0.25, 0.3) is 0 Å². The number of aromatic nitrogens is 1. The number of pyridine rings is 1. The van der Waals surface area contributed by atoms with E-state index in [2.05, 4.69) is 4.98 Å². The Morgan fingerprint density at radius 3 is 2.67 bits per heavy atom. The predicted octanol–water partition coefficient (Wildman–Crippen LogP) is 3.34. The molecule has 0 saturated carbocycles. The van der Waals surface area contributed by atoms with Crippen LogP contribution in [0.25, 0.3) is 10.9 Å². The van der Waals surface area contributed by atoms with Gasteiger partial charge < -0.3 is 5.11 Å². The lowest BCUT2D eigenvalue weighted by atomic mass is 10.1. The van der Waals surface area contributed by atoms with E-state index in [4.69, 9.17) is 28.3 Å². The van der Waals surface area contributed by atoms with Gasteiger partial charge in [0.15, 0.2) is 0 Å². The number of rotatable bonds is 1. The summed E-state index contributed by atoms with van der Waals surface area (Å²) in [5.41, 5.74) is 2.33. The smallest absolute Gasteiger partial charge is 0.0853 e. The number of aryl methyl sites for hydroxylation is 1. The molecule has 0 aliphatic rings. The molecule has 1 N–H and O–H groups in total. The molecule has 1 aromatic carbocycles. The first-order valence-electron chi connectivity index (χ1n) is 4.48. The van der Waals surface area contributed by atoms with Crippen molar-refractivity contribution in [1.82, 2.24) is 4.98 Å². The molecule has 0 aliphatic carbocycles. The molecule has 0 fully saturated rings. The van der Waals surface area contributed by atoms with Gasteiger partial charge in [-0.2, -0.15) is 0 Å². The molecule has 2 rings (SSSR count). The van der Waals surface area contributed by atoms with E-state index in [-0.39, 0.29) is 6.61 Å². The van der Waals surface area contributed by atoms with E-state index >= 15 is 0 Å². The van der Waals surface area contributed by atoms with Crippen LogP contribution in [0.2, 0.25) is 10.0 Å². The summed E-state index contributed by atoms with van der Waals surface area (Å²) in [4.78, 5) is 4.26. The van der Waals surface area contributed by atoms with Crippen LogP contribution in [-0.2, 0) is 6.61 Å². The van der Waals surface area contributed by atoms with Crippen molar-refractivity contribution in [2.75, 3.05) is 0 Å². The fraction of sp³-hybridized carbons (Fsp3) is 0.182. The van der Waals surface area contributed by atoms with Crippen molar-refractivity contribution in [3.05, 3.63) is 39.5 Å². The number of nitrogens with zero attached hydrogens (tertiary/aromatic N) is 1. The molecule has 1 aromatic heterocycles. The van der Waals surface area contributed by atoms with Gasteiger partial charge in [0, 0.05) is 10.4 Å². The van der Waals surface area contributed by atoms with Gasteiger partial charge in [0.2, 0.25) is 0 Å². The van der Waals surface area contributed by atoms with Gasteiger partial charge in [-0.3, -0.25) is 4.98 Å². The first-order valence-corrected chi connectivity index (χ1v) is 5.23. The van der Waals surface area contributed by atoms with Crippen LogP contribution in [0, 0.1) is 6.92 Å². The summed E-state index contributed by atoms with van der Waals surface area (Å²) in [5.74, 6) is 0. The Hall–Kier alpha value is -0.830. The third kappa shape index (κ3) is 1.93. The number of halogens is 2. The molecule has 2 nitrogen and oxygen atoms in total. The molecule has 78 valence electrons. The van der Waals surface area contributed by atoms with Crippen LogP contribution in [0.5, 0.6) is 0 Å². The van der Waals surface area contributed by atoms with E-state index in [0.29, 0.717) is 15.7 Å². The van der Waals surface area contributed by atoms with Crippen molar-refractivity contribution in [2.24, 2.45) is 0 Å². The zero-order valence-electron chi connectivity index (χ0n) is 8.09. The fourth-order valence-electron chi connectivity index (χ4n) is 1.63. The molecule has 0 atom stereocenters. The van der Waals surface area contributed by atoms with Gasteiger partial charge in [-0.15, -0.1) is 0 Å². The van der Waals surface area contributed by atoms with E-state index in [0.717, 1.165) is 16.5 Å². The standard InChI is InChI=1S/C11H9Cl2NO/c1-6-2-8(5-15)14-10-4-7(12)3-9(13)11(6)10/h2-4,15H,5H2,1H3. The SMILES string of the molecule is Cc1cc(CO)nc2cc(Cl)cc(Cl)c12. The summed E-state index contributed by atoms with van der Waals surface area (Å²) in [5, 5.41) is 11.1. The molecule has 0 spiro atoms. The van der Waals surface area contributed by atoms with Crippen molar-refractivity contribution in [3.63, 3.8) is 0 Å². The highest BCUT2D eigenvalue weighted by Gasteiger charge is 2.07. The Kier molecular flexibility index (Phi) is 2.83. The Morgan fingerprint density at radius 1 is 1.27 bits per heavy atom. The van der Waals surface area contributed by atoms with Gasteiger partial charge in [0.05, 0.1) is 22.8 Å². The van der Waals surface area contributed by atoms with E-state index < -0.39 is 0 Å². The van der Waals surface area contributed by atoms with Gasteiger partial charge in [-0.05, 0) is 30.7 Å². The van der Waals surface area contributed by atoms with Gasteiger partial charge >= 0.3 is 0 Å². The molecule has 15 heavy (non-hydrogen) atoms. The topological polar surface area (TPSA) is 33.1 Å². The number of aliphatic hydroxyl groups excluding tert-OH is 1. The van der Waals surface area contributed by atoms with Crippen LogP contribution in [0.15, 0.2) is 18.2 Å². The van der Waals surface area contributed by atoms with E-state index in [9.17, 15) is 0 Å². The van der Waals surface area contributed by atoms with E-state index in [1.807, 2.05) is 13.0 Å². The monoisotopic (exact) mass is 241 g/mol. The minimum absolute atomic E-state index is 0.0824. The maximum Gasteiger partial charge on any atom is 0.0853 e. The summed E-state index contributed by atoms with van der Waals surface area (Å²) in [6.45, 7) is 1.85. The number of hydrogen-bond acceptors (Lipinski definition) is 2. The second-order valence-electron chi connectivity index (χ2n) is 3.37. The first-order chi connectivity index (χ1) is 7.11. The average Bonchev–Trinajstić information content (AvgIpc) is 2.15. The van der Waals surface area contributed by atoms with Crippen molar-refractivity contribution in [3.8, 4) is 0 Å². The largest absolute Gasteiger partial charge is 0.390 e. The van der Waals surface area contributed by atoms with Crippen molar-refractivity contribution >= 4 is 34.1 Å². The second kappa shape index (κ2) is 3.97. The van der Waals surface area contributed by atoms with Crippen LogP contribution >= 0.6 is 23.2 Å². The molecule has 0 saturated heterocycles. The molecule has 0 unspecified atom stereocenters. The lowest BCUT2D eigenvalue weighted by Crippen LogP contribution is -1.93. The first kappa shape index (κ1) is 10.7. The van der Waals surface area contributed by atoms with Crippen LogP contribution < -0.4 is 0 Å². The maximum absolute atomic E-state index is 9.03. The van der Waals surface area contributed by atoms with E-state index in [1.54, 1.807) is 12.1 Å². The Bertz CT molecular complexity index is 525. The third-order valence-corrected chi connectivity index (χ3v) is 2.75. The molecule has 2 aromatic rings. The summed E-state index contributed by atoms with van der Waals surface area (Å²) < 4.78 is 0. The Labute approximate surface area is 97.5 Å². The predicted molar refractivity (Wildman–Crippen MR) is 62.4 cm³/mol. The highest BCUT2D eigenvalue weighted by Crippen LogP contribution is 2.29. The van der Waals surface area contributed by atoms with Crippen LogP contribution in [-0.4, -0.2) is 10.1 Å². The zero-order valence-corrected chi connectivity index (χ0v) is 9.60. The highest BCUT2D eigenvalue weighted by atomic mass is 35.5. The summed E-state index contributed by atoms with van der Waals surface area (Å²) in [6.07, 6.45) is 0. The molecular weight excluding hydrogens is 233 g/mol. The minimum Gasteiger partial charge on any atom is -0.390 e. The second-order valence-corrected chi connectivity index (χ2v) is 4.21. The number of benzene rings is 1. The van der Waals surface area contributed by atoms with Crippen molar-refractivity contribution in [2.45, 2.75) is 13.5 Å². The van der Waals surface area contributed by atoms with Gasteiger partial charge in [0.1, 0.15) is 0 Å². The normalized spacial score (nSPS) is 10.9. The fourth-order valence-corrected chi connectivity index (χ4v) is 2.26. The van der Waals surface area contributed by atoms with Crippen LogP contribution in [0.1, 0.15) is 11.3 Å². The van der Waals surface area contributed by atoms with Crippen molar-refractivity contribution in [1.29, 1.82) is 0 Å². The van der Waals surface area contributed by atoms with Crippen molar-refractivity contribution < 1.29 is 5.11 Å². The van der Waals surface area contributed by atoms with Gasteiger partial charge in [-0.25, -0.2) is 0 Å². The zero-order chi connectivity index (χ0) is 11.0. The lowest BCUT2D eigenvalue weighted by Gasteiger charge is -2.06. The lowest BCUT2D eigenvalue weighted by molar-refractivity contribution is 0.277. The van der Waals surface area contributed by atoms with Gasteiger partial charge in [-0.1, -0.05) is 23.2 Å². The Morgan fingerprint density at radius 2 is 2.00 bits per heavy atom. The maximum atomic E-state index is 9.03. The molecular formula is C11H9Cl2NO. The summed E-state index contributed by atoms with van der Waals surface area (Å²) >= 11 is 12.0. The quantitative estimate of drug-likeness (QED) is 0.831. The number of fused-ring (bicyclic) bond motifs is 1. The summed E-state index contributed by atoms with van der Waals surface area (Å²) in [6, 6.07) is 5.26. The molecule has 0 bridgehead atoms. The van der Waals surface area contributed by atoms with E-state index in [1.165, 1.54) is 0 Å². The van der Waals surface area contributed by atoms with Crippen LogP contribution in [0.3, 0.4) is 0 Å². The summed E-state index contributed by atoms with van der Waals surface area (Å²) in [7, 11) is 0. The third-order valence-electron chi connectivity index (χ3n) is 2.24. The number of hydrogen-bond donors (Lipinski definition) is 1. The molecule has 4 heteroatoms. The highest BCUT2D eigenvalue weighted by molar-refractivity contribution is 6.38. The molecule has 0 aliphatic heterocycles. The Balaban J connectivity index is 2.85. The molecule has 0 radical (unpaired) electrons. The minimum atomic E-state index is -0.0824. The molecule has 1 heterocycles. The van der Waals surface area contributed by atoms with Crippen LogP contribution in [0.4, 0.5) is 0 Å².